The standard InChI is InChI=1S/C15H19N3O2/c1-15(2)14(19)17-6-7-18(15)10-12-5-4-11(9-16)8-13(12)20-3/h4-5,8H,6-7,10H2,1-3H3,(H,17,19). The zero-order chi connectivity index (χ0) is 14.8. The number of nitriles is 1. The van der Waals surface area contributed by atoms with Gasteiger partial charge in [0.25, 0.3) is 0 Å². The molecule has 1 aliphatic rings. The van der Waals surface area contributed by atoms with Crippen LogP contribution in [0.1, 0.15) is 25.0 Å². The number of methoxy groups -OCH3 is 1. The van der Waals surface area contributed by atoms with Crippen LogP contribution in [0, 0.1) is 11.3 Å². The van der Waals surface area contributed by atoms with Crippen LogP contribution in [0.15, 0.2) is 18.2 Å². The van der Waals surface area contributed by atoms with E-state index in [0.717, 1.165) is 12.1 Å². The van der Waals surface area contributed by atoms with Crippen LogP contribution < -0.4 is 10.1 Å². The predicted octanol–water partition coefficient (Wildman–Crippen LogP) is 1.28. The van der Waals surface area contributed by atoms with E-state index in [9.17, 15) is 4.79 Å². The summed E-state index contributed by atoms with van der Waals surface area (Å²) in [6, 6.07) is 7.49. The summed E-state index contributed by atoms with van der Waals surface area (Å²) >= 11 is 0. The van der Waals surface area contributed by atoms with E-state index in [1.54, 1.807) is 19.2 Å². The van der Waals surface area contributed by atoms with Gasteiger partial charge >= 0.3 is 0 Å². The van der Waals surface area contributed by atoms with Gasteiger partial charge in [0.1, 0.15) is 5.75 Å². The smallest absolute Gasteiger partial charge is 0.240 e. The number of rotatable bonds is 3. The van der Waals surface area contributed by atoms with Crippen molar-refractivity contribution in [1.29, 1.82) is 5.26 Å². The quantitative estimate of drug-likeness (QED) is 0.901. The number of hydrogen-bond donors (Lipinski definition) is 1. The third-order valence-corrected chi connectivity index (χ3v) is 3.79. The summed E-state index contributed by atoms with van der Waals surface area (Å²) in [6.45, 7) is 5.90. The normalized spacial score (nSPS) is 18.2. The van der Waals surface area contributed by atoms with Crippen LogP contribution in [-0.4, -0.2) is 36.5 Å². The van der Waals surface area contributed by atoms with Crippen molar-refractivity contribution in [2.24, 2.45) is 0 Å². The zero-order valence-electron chi connectivity index (χ0n) is 12.1. The topological polar surface area (TPSA) is 65.4 Å². The molecule has 1 amide bonds. The molecule has 1 heterocycles. The van der Waals surface area contributed by atoms with Gasteiger partial charge in [-0.2, -0.15) is 5.26 Å². The number of carbonyl (C=O) groups excluding carboxylic acids is 1. The highest BCUT2D eigenvalue weighted by Gasteiger charge is 2.37. The Morgan fingerprint density at radius 1 is 1.50 bits per heavy atom. The van der Waals surface area contributed by atoms with Crippen LogP contribution in [-0.2, 0) is 11.3 Å². The summed E-state index contributed by atoms with van der Waals surface area (Å²) in [4.78, 5) is 14.1. The highest BCUT2D eigenvalue weighted by molar-refractivity contribution is 5.86. The molecule has 0 aliphatic carbocycles. The van der Waals surface area contributed by atoms with Crippen molar-refractivity contribution in [1.82, 2.24) is 10.2 Å². The summed E-state index contributed by atoms with van der Waals surface area (Å²) in [6.07, 6.45) is 0. The van der Waals surface area contributed by atoms with Gasteiger partial charge in [0.15, 0.2) is 0 Å². The van der Waals surface area contributed by atoms with Crippen molar-refractivity contribution in [2.45, 2.75) is 25.9 Å². The molecular formula is C15H19N3O2. The fraction of sp³-hybridized carbons (Fsp3) is 0.467. The molecule has 2 rings (SSSR count). The number of amides is 1. The van der Waals surface area contributed by atoms with Crippen LogP contribution in [0.5, 0.6) is 5.75 Å². The maximum atomic E-state index is 11.9. The molecule has 0 spiro atoms. The number of ether oxygens (including phenoxy) is 1. The average Bonchev–Trinajstić information content (AvgIpc) is 2.44. The van der Waals surface area contributed by atoms with Crippen molar-refractivity contribution < 1.29 is 9.53 Å². The molecule has 20 heavy (non-hydrogen) atoms. The van der Waals surface area contributed by atoms with E-state index in [1.165, 1.54) is 0 Å². The van der Waals surface area contributed by atoms with Crippen LogP contribution >= 0.6 is 0 Å². The van der Waals surface area contributed by atoms with Gasteiger partial charge in [-0.15, -0.1) is 0 Å². The van der Waals surface area contributed by atoms with E-state index in [-0.39, 0.29) is 5.91 Å². The monoisotopic (exact) mass is 273 g/mol. The average molecular weight is 273 g/mol. The third kappa shape index (κ3) is 2.61. The molecule has 0 unspecified atom stereocenters. The molecule has 0 atom stereocenters. The first-order valence-corrected chi connectivity index (χ1v) is 6.59. The lowest BCUT2D eigenvalue weighted by atomic mass is 9.97. The number of carbonyl (C=O) groups is 1. The second-order valence-electron chi connectivity index (χ2n) is 5.37. The minimum atomic E-state index is -0.544. The van der Waals surface area contributed by atoms with Crippen molar-refractivity contribution in [3.05, 3.63) is 29.3 Å². The lowest BCUT2D eigenvalue weighted by molar-refractivity contribution is -0.135. The van der Waals surface area contributed by atoms with Crippen LogP contribution in [0.2, 0.25) is 0 Å². The number of hydrogen-bond acceptors (Lipinski definition) is 4. The fourth-order valence-corrected chi connectivity index (χ4v) is 2.37. The maximum Gasteiger partial charge on any atom is 0.240 e. The predicted molar refractivity (Wildman–Crippen MR) is 75.2 cm³/mol. The van der Waals surface area contributed by atoms with Gasteiger partial charge in [-0.25, -0.2) is 0 Å². The van der Waals surface area contributed by atoms with Crippen LogP contribution in [0.4, 0.5) is 0 Å². The molecule has 0 saturated carbocycles. The Hall–Kier alpha value is -2.06. The largest absolute Gasteiger partial charge is 0.496 e. The van der Waals surface area contributed by atoms with Crippen molar-refractivity contribution in [2.75, 3.05) is 20.2 Å². The first-order chi connectivity index (χ1) is 9.48. The minimum absolute atomic E-state index is 0.0383. The van der Waals surface area contributed by atoms with Crippen molar-refractivity contribution in [3.8, 4) is 11.8 Å². The molecule has 106 valence electrons. The van der Waals surface area contributed by atoms with E-state index in [1.807, 2.05) is 19.9 Å². The molecular weight excluding hydrogens is 254 g/mol. The summed E-state index contributed by atoms with van der Waals surface area (Å²) in [5.41, 5.74) is 1.01. The fourth-order valence-electron chi connectivity index (χ4n) is 2.37. The second kappa shape index (κ2) is 5.51. The highest BCUT2D eigenvalue weighted by atomic mass is 16.5. The van der Waals surface area contributed by atoms with E-state index in [2.05, 4.69) is 16.3 Å². The zero-order valence-corrected chi connectivity index (χ0v) is 12.1. The Balaban J connectivity index is 2.25. The molecule has 1 aromatic carbocycles. The Morgan fingerprint density at radius 2 is 2.25 bits per heavy atom. The van der Waals surface area contributed by atoms with Gasteiger partial charge in [0.2, 0.25) is 5.91 Å². The Labute approximate surface area is 119 Å². The van der Waals surface area contributed by atoms with Gasteiger partial charge < -0.3 is 10.1 Å². The SMILES string of the molecule is COc1cc(C#N)ccc1CN1CCNC(=O)C1(C)C. The molecule has 0 bridgehead atoms. The summed E-state index contributed by atoms with van der Waals surface area (Å²) in [5, 5.41) is 11.8. The number of nitrogens with zero attached hydrogens (tertiary/aromatic N) is 2. The first-order valence-electron chi connectivity index (χ1n) is 6.59. The van der Waals surface area contributed by atoms with Gasteiger partial charge in [-0.1, -0.05) is 6.07 Å². The van der Waals surface area contributed by atoms with E-state index < -0.39 is 5.54 Å². The third-order valence-electron chi connectivity index (χ3n) is 3.79. The molecule has 5 heteroatoms. The molecule has 5 nitrogen and oxygen atoms in total. The second-order valence-corrected chi connectivity index (χ2v) is 5.37. The van der Waals surface area contributed by atoms with Crippen LogP contribution in [0.25, 0.3) is 0 Å². The molecule has 1 N–H and O–H groups in total. The summed E-state index contributed by atoms with van der Waals surface area (Å²) < 4.78 is 5.35. The molecule has 0 radical (unpaired) electrons. The van der Waals surface area contributed by atoms with E-state index in [0.29, 0.717) is 24.4 Å². The lowest BCUT2D eigenvalue weighted by Crippen LogP contribution is -2.61. The summed E-state index contributed by atoms with van der Waals surface area (Å²) in [5.74, 6) is 0.724. The minimum Gasteiger partial charge on any atom is -0.496 e. The number of nitrogens with one attached hydrogen (secondary N) is 1. The van der Waals surface area contributed by atoms with E-state index >= 15 is 0 Å². The lowest BCUT2D eigenvalue weighted by Gasteiger charge is -2.41. The first kappa shape index (κ1) is 14.4. The van der Waals surface area contributed by atoms with Gasteiger partial charge in [-0.05, 0) is 26.0 Å². The molecule has 1 aromatic rings. The Morgan fingerprint density at radius 3 is 2.90 bits per heavy atom. The van der Waals surface area contributed by atoms with Gasteiger partial charge in [0, 0.05) is 25.2 Å². The molecule has 0 aromatic heterocycles. The van der Waals surface area contributed by atoms with Gasteiger partial charge in [0.05, 0.1) is 24.3 Å². The molecule has 1 aliphatic heterocycles. The molecule has 1 fully saturated rings. The summed E-state index contributed by atoms with van der Waals surface area (Å²) in [7, 11) is 1.59. The van der Waals surface area contributed by atoms with Crippen molar-refractivity contribution >= 4 is 5.91 Å². The maximum absolute atomic E-state index is 11.9. The Kier molecular flexibility index (Phi) is 3.96. The Bertz CT molecular complexity index is 561. The van der Waals surface area contributed by atoms with E-state index in [4.69, 9.17) is 10.00 Å². The van der Waals surface area contributed by atoms with Crippen molar-refractivity contribution in [3.63, 3.8) is 0 Å². The molecule has 1 saturated heterocycles. The highest BCUT2D eigenvalue weighted by Crippen LogP contribution is 2.26. The van der Waals surface area contributed by atoms with Crippen LogP contribution in [0.3, 0.4) is 0 Å². The number of benzene rings is 1. The number of piperazine rings is 1. The van der Waals surface area contributed by atoms with Gasteiger partial charge in [-0.3, -0.25) is 9.69 Å².